The molecule has 0 radical (unpaired) electrons. The smallest absolute Gasteiger partial charge is 0.324 e. The minimum Gasteiger partial charge on any atom is -0.341 e. The van der Waals surface area contributed by atoms with Crippen molar-refractivity contribution in [2.45, 2.75) is 0 Å². The van der Waals surface area contributed by atoms with Crippen LogP contribution >= 0.6 is 11.3 Å². The van der Waals surface area contributed by atoms with Crippen molar-refractivity contribution in [3.05, 3.63) is 51.4 Å². The Hall–Kier alpha value is -2.94. The Kier molecular flexibility index (Phi) is 4.69. The molecule has 114 valence electrons. The van der Waals surface area contributed by atoms with E-state index in [1.54, 1.807) is 24.3 Å². The Bertz CT molecular complexity index is 711. The van der Waals surface area contributed by atoms with Gasteiger partial charge >= 0.3 is 11.0 Å². The molecule has 22 heavy (non-hydrogen) atoms. The van der Waals surface area contributed by atoms with Crippen LogP contribution in [0.1, 0.15) is 9.67 Å². The molecule has 1 aromatic carbocycles. The Labute approximate surface area is 129 Å². The Morgan fingerprint density at radius 2 is 1.64 bits per heavy atom. The number of urea groups is 1. The second-order valence-corrected chi connectivity index (χ2v) is 5.19. The van der Waals surface area contributed by atoms with Crippen LogP contribution in [-0.2, 0) is 0 Å². The summed E-state index contributed by atoms with van der Waals surface area (Å²) in [5.41, 5.74) is 1.09. The third kappa shape index (κ3) is 3.79. The van der Waals surface area contributed by atoms with Crippen molar-refractivity contribution in [3.63, 3.8) is 0 Å². The van der Waals surface area contributed by atoms with Gasteiger partial charge < -0.3 is 16.0 Å². The van der Waals surface area contributed by atoms with E-state index in [1.165, 1.54) is 19.2 Å². The molecular weight excluding hydrogens is 308 g/mol. The quantitative estimate of drug-likeness (QED) is 0.593. The van der Waals surface area contributed by atoms with Gasteiger partial charge in [0.1, 0.15) is 0 Å². The molecule has 1 aromatic heterocycles. The highest BCUT2D eigenvalue weighted by Gasteiger charge is 2.15. The zero-order valence-corrected chi connectivity index (χ0v) is 12.3. The van der Waals surface area contributed by atoms with Crippen LogP contribution in [0.15, 0.2) is 36.4 Å². The molecule has 0 aliphatic rings. The zero-order valence-electron chi connectivity index (χ0n) is 11.5. The van der Waals surface area contributed by atoms with E-state index in [4.69, 9.17) is 0 Å². The van der Waals surface area contributed by atoms with Gasteiger partial charge in [-0.1, -0.05) is 11.3 Å². The molecule has 0 aliphatic heterocycles. The van der Waals surface area contributed by atoms with Crippen molar-refractivity contribution < 1.29 is 14.5 Å². The number of benzene rings is 1. The Balaban J connectivity index is 2.02. The number of hydrogen-bond acceptors (Lipinski definition) is 5. The maximum absolute atomic E-state index is 12.0. The first-order chi connectivity index (χ1) is 10.5. The monoisotopic (exact) mass is 320 g/mol. The van der Waals surface area contributed by atoms with E-state index < -0.39 is 10.8 Å². The fraction of sp³-hybridized carbons (Fsp3) is 0.0769. The minimum absolute atomic E-state index is 0.0877. The summed E-state index contributed by atoms with van der Waals surface area (Å²) in [5, 5.41) is 18.1. The lowest BCUT2D eigenvalue weighted by molar-refractivity contribution is -0.380. The van der Waals surface area contributed by atoms with Gasteiger partial charge in [-0.05, 0) is 30.3 Å². The van der Waals surface area contributed by atoms with E-state index in [2.05, 4.69) is 16.0 Å². The molecule has 0 bridgehead atoms. The van der Waals surface area contributed by atoms with Gasteiger partial charge in [-0.15, -0.1) is 0 Å². The average Bonchev–Trinajstić information content (AvgIpc) is 2.99. The molecule has 0 spiro atoms. The van der Waals surface area contributed by atoms with Crippen LogP contribution in [0.2, 0.25) is 0 Å². The van der Waals surface area contributed by atoms with Crippen molar-refractivity contribution >= 4 is 39.7 Å². The number of nitrogens with one attached hydrogen (secondary N) is 3. The van der Waals surface area contributed by atoms with Gasteiger partial charge in [0.05, 0.1) is 9.80 Å². The van der Waals surface area contributed by atoms with Gasteiger partial charge in [0, 0.05) is 24.5 Å². The van der Waals surface area contributed by atoms with Crippen LogP contribution in [0, 0.1) is 10.1 Å². The lowest BCUT2D eigenvalue weighted by Gasteiger charge is -2.06. The fourth-order valence-electron chi connectivity index (χ4n) is 1.57. The summed E-state index contributed by atoms with van der Waals surface area (Å²) in [7, 11) is 1.50. The molecule has 0 unspecified atom stereocenters. The number of carbonyl (C=O) groups is 2. The Morgan fingerprint density at radius 1 is 1.05 bits per heavy atom. The summed E-state index contributed by atoms with van der Waals surface area (Å²) in [6.07, 6.45) is 0. The molecule has 0 aliphatic carbocycles. The summed E-state index contributed by atoms with van der Waals surface area (Å²) in [6.45, 7) is 0. The van der Waals surface area contributed by atoms with Gasteiger partial charge in [0.25, 0.3) is 5.91 Å². The van der Waals surface area contributed by atoms with Crippen molar-refractivity contribution in [2.24, 2.45) is 0 Å². The molecule has 9 heteroatoms. The van der Waals surface area contributed by atoms with Gasteiger partial charge in [-0.2, -0.15) is 0 Å². The highest BCUT2D eigenvalue weighted by molar-refractivity contribution is 7.17. The summed E-state index contributed by atoms with van der Waals surface area (Å²) in [4.78, 5) is 33.4. The summed E-state index contributed by atoms with van der Waals surface area (Å²) < 4.78 is 0. The molecule has 3 N–H and O–H groups in total. The summed E-state index contributed by atoms with van der Waals surface area (Å²) >= 11 is 0.806. The van der Waals surface area contributed by atoms with Crippen LogP contribution in [-0.4, -0.2) is 23.9 Å². The van der Waals surface area contributed by atoms with Crippen molar-refractivity contribution in [3.8, 4) is 0 Å². The number of carbonyl (C=O) groups excluding carboxylic acids is 2. The summed E-state index contributed by atoms with van der Waals surface area (Å²) in [6, 6.07) is 8.83. The molecule has 1 heterocycles. The van der Waals surface area contributed by atoms with E-state index in [1.807, 2.05) is 0 Å². The number of amides is 3. The molecule has 0 fully saturated rings. The maximum atomic E-state index is 12.0. The zero-order chi connectivity index (χ0) is 16.1. The number of rotatable bonds is 4. The van der Waals surface area contributed by atoms with Crippen LogP contribution < -0.4 is 16.0 Å². The first kappa shape index (κ1) is 15.4. The van der Waals surface area contributed by atoms with Crippen LogP contribution in [0.3, 0.4) is 0 Å². The minimum atomic E-state index is -0.541. The van der Waals surface area contributed by atoms with Crippen LogP contribution in [0.4, 0.5) is 21.2 Å². The van der Waals surface area contributed by atoms with Gasteiger partial charge in [0.2, 0.25) is 0 Å². The number of nitrogens with zero attached hydrogens (tertiary/aromatic N) is 1. The first-order valence-corrected chi connectivity index (χ1v) is 6.95. The highest BCUT2D eigenvalue weighted by Crippen LogP contribution is 2.25. The van der Waals surface area contributed by atoms with Crippen molar-refractivity contribution in [1.29, 1.82) is 0 Å². The third-order valence-corrected chi connectivity index (χ3v) is 3.66. The molecule has 2 rings (SSSR count). The van der Waals surface area contributed by atoms with E-state index in [9.17, 15) is 19.7 Å². The predicted molar refractivity (Wildman–Crippen MR) is 83.4 cm³/mol. The standard InChI is InChI=1S/C13H12N4O4S/c1-14-13(19)16-9-4-2-8(3-5-9)15-12(18)10-6-7-11(22-10)17(20)21/h2-7H,1H3,(H,15,18)(H2,14,16,19). The molecule has 0 atom stereocenters. The molecule has 2 aromatic rings. The largest absolute Gasteiger partial charge is 0.341 e. The van der Waals surface area contributed by atoms with Gasteiger partial charge in [0.15, 0.2) is 0 Å². The Morgan fingerprint density at radius 3 is 2.14 bits per heavy atom. The number of thiophene rings is 1. The van der Waals surface area contributed by atoms with E-state index in [0.717, 1.165) is 11.3 Å². The molecule has 3 amide bonds. The molecular formula is C13H12N4O4S. The number of hydrogen-bond donors (Lipinski definition) is 3. The average molecular weight is 320 g/mol. The summed E-state index contributed by atoms with van der Waals surface area (Å²) in [5.74, 6) is -0.426. The van der Waals surface area contributed by atoms with Crippen molar-refractivity contribution in [1.82, 2.24) is 5.32 Å². The highest BCUT2D eigenvalue weighted by atomic mass is 32.1. The topological polar surface area (TPSA) is 113 Å². The normalized spacial score (nSPS) is 9.86. The lowest BCUT2D eigenvalue weighted by Crippen LogP contribution is -2.24. The second kappa shape index (κ2) is 6.68. The first-order valence-electron chi connectivity index (χ1n) is 6.14. The number of nitro groups is 1. The van der Waals surface area contributed by atoms with Gasteiger partial charge in [-0.25, -0.2) is 4.79 Å². The van der Waals surface area contributed by atoms with E-state index >= 15 is 0 Å². The lowest BCUT2D eigenvalue weighted by atomic mass is 10.2. The van der Waals surface area contributed by atoms with Crippen LogP contribution in [0.25, 0.3) is 0 Å². The maximum Gasteiger partial charge on any atom is 0.324 e. The fourth-order valence-corrected chi connectivity index (χ4v) is 2.29. The van der Waals surface area contributed by atoms with Crippen LogP contribution in [0.5, 0.6) is 0 Å². The third-order valence-electron chi connectivity index (χ3n) is 2.62. The molecule has 8 nitrogen and oxygen atoms in total. The second-order valence-electron chi connectivity index (χ2n) is 4.13. The van der Waals surface area contributed by atoms with Crippen molar-refractivity contribution in [2.75, 3.05) is 17.7 Å². The SMILES string of the molecule is CNC(=O)Nc1ccc(NC(=O)c2ccc([N+](=O)[O-])s2)cc1. The predicted octanol–water partition coefficient (Wildman–Crippen LogP) is 2.66. The number of anilines is 2. The van der Waals surface area contributed by atoms with Gasteiger partial charge in [-0.3, -0.25) is 14.9 Å². The van der Waals surface area contributed by atoms with E-state index in [0.29, 0.717) is 11.4 Å². The molecule has 0 saturated heterocycles. The molecule has 0 saturated carbocycles. The van der Waals surface area contributed by atoms with E-state index in [-0.39, 0.29) is 15.9 Å².